The summed E-state index contributed by atoms with van der Waals surface area (Å²) >= 11 is 0. The molecule has 0 fully saturated rings. The van der Waals surface area contributed by atoms with Gasteiger partial charge in [0.05, 0.1) is 19.0 Å². The zero-order valence-electron chi connectivity index (χ0n) is 11.9. The van der Waals surface area contributed by atoms with Crippen LogP contribution in [0.25, 0.3) is 0 Å². The van der Waals surface area contributed by atoms with Crippen LogP contribution in [0.1, 0.15) is 20.3 Å². The summed E-state index contributed by atoms with van der Waals surface area (Å²) in [5.74, 6) is -2.24. The Kier molecular flexibility index (Phi) is 9.10. The van der Waals surface area contributed by atoms with Gasteiger partial charge in [0.25, 0.3) is 0 Å². The maximum absolute atomic E-state index is 11.8. The number of carbonyl (C=O) groups excluding carboxylic acids is 2. The molecule has 0 amide bonds. The lowest BCUT2D eigenvalue weighted by Gasteiger charge is -2.15. The average molecular weight is 311 g/mol. The van der Waals surface area contributed by atoms with Gasteiger partial charge in [-0.25, -0.2) is 18.0 Å². The highest BCUT2D eigenvalue weighted by atomic mass is 32.2. The maximum atomic E-state index is 11.8. The summed E-state index contributed by atoms with van der Waals surface area (Å²) in [5.41, 5.74) is 0. The minimum Gasteiger partial charge on any atom is -0.464 e. The molecule has 8 nitrogen and oxygen atoms in total. The zero-order chi connectivity index (χ0) is 15.6. The lowest BCUT2D eigenvalue weighted by atomic mass is 10.3. The van der Waals surface area contributed by atoms with Gasteiger partial charge >= 0.3 is 11.9 Å². The molecule has 0 aromatic heterocycles. The van der Waals surface area contributed by atoms with Crippen LogP contribution in [0.4, 0.5) is 0 Å². The number of methoxy groups -OCH3 is 1. The van der Waals surface area contributed by atoms with Crippen LogP contribution in [0.3, 0.4) is 0 Å². The molecule has 0 aliphatic rings. The Balaban J connectivity index is 4.78. The topological polar surface area (TPSA) is 108 Å². The van der Waals surface area contributed by atoms with Gasteiger partial charge in [-0.05, 0) is 20.3 Å². The van der Waals surface area contributed by atoms with E-state index < -0.39 is 28.0 Å². The van der Waals surface area contributed by atoms with Gasteiger partial charge in [0, 0.05) is 13.7 Å². The number of esters is 2. The summed E-state index contributed by atoms with van der Waals surface area (Å²) in [6.07, 6.45) is 0.240. The average Bonchev–Trinajstić information content (AvgIpc) is 2.36. The summed E-state index contributed by atoms with van der Waals surface area (Å²) < 4.78 is 39.5. The van der Waals surface area contributed by atoms with Crippen molar-refractivity contribution in [2.24, 2.45) is 0 Å². The number of sulfonamides is 1. The predicted molar refractivity (Wildman–Crippen MR) is 70.5 cm³/mol. The van der Waals surface area contributed by atoms with E-state index in [1.165, 1.54) is 7.11 Å². The van der Waals surface area contributed by atoms with Gasteiger partial charge in [0.2, 0.25) is 16.1 Å². The van der Waals surface area contributed by atoms with Gasteiger partial charge in [-0.1, -0.05) is 0 Å². The lowest BCUT2D eigenvalue weighted by Crippen LogP contribution is -2.48. The van der Waals surface area contributed by atoms with E-state index in [4.69, 9.17) is 4.74 Å². The fourth-order valence-electron chi connectivity index (χ4n) is 1.28. The summed E-state index contributed by atoms with van der Waals surface area (Å²) in [5, 5.41) is 0. The molecular weight excluding hydrogens is 290 g/mol. The van der Waals surface area contributed by atoms with E-state index in [-0.39, 0.29) is 32.0 Å². The first kappa shape index (κ1) is 18.8. The Morgan fingerprint density at radius 1 is 1.10 bits per heavy atom. The Bertz CT molecular complexity index is 389. The third kappa shape index (κ3) is 7.41. The molecule has 1 N–H and O–H groups in total. The molecule has 0 radical (unpaired) electrons. The predicted octanol–water partition coefficient (Wildman–Crippen LogP) is -0.563. The van der Waals surface area contributed by atoms with Crippen molar-refractivity contribution in [3.05, 3.63) is 0 Å². The second-order valence-corrected chi connectivity index (χ2v) is 5.59. The highest BCUT2D eigenvalue weighted by Crippen LogP contribution is 1.99. The highest BCUT2D eigenvalue weighted by Gasteiger charge is 2.33. The largest absolute Gasteiger partial charge is 0.464 e. The Morgan fingerprint density at radius 2 is 1.60 bits per heavy atom. The Labute approximate surface area is 118 Å². The molecule has 118 valence electrons. The van der Waals surface area contributed by atoms with Crippen LogP contribution in [0.2, 0.25) is 0 Å². The van der Waals surface area contributed by atoms with Gasteiger partial charge in [-0.3, -0.25) is 0 Å². The summed E-state index contributed by atoms with van der Waals surface area (Å²) in [4.78, 5) is 23.2. The van der Waals surface area contributed by atoms with E-state index in [0.29, 0.717) is 0 Å². The number of carbonyl (C=O) groups is 2. The lowest BCUT2D eigenvalue weighted by molar-refractivity contribution is -0.157. The van der Waals surface area contributed by atoms with E-state index in [2.05, 4.69) is 9.47 Å². The van der Waals surface area contributed by atoms with Crippen molar-refractivity contribution < 1.29 is 32.2 Å². The van der Waals surface area contributed by atoms with E-state index in [0.717, 1.165) is 0 Å². The molecule has 0 heterocycles. The van der Waals surface area contributed by atoms with Crippen LogP contribution in [0.5, 0.6) is 0 Å². The fourth-order valence-corrected chi connectivity index (χ4v) is 2.44. The SMILES string of the molecule is CCOC(=O)C(NS(=O)(=O)CCCOC)C(=O)OCC. The molecule has 0 atom stereocenters. The first-order chi connectivity index (χ1) is 9.37. The molecule has 0 aliphatic carbocycles. The molecule has 0 saturated carbocycles. The smallest absolute Gasteiger partial charge is 0.335 e. The van der Waals surface area contributed by atoms with Crippen LogP contribution >= 0.6 is 0 Å². The highest BCUT2D eigenvalue weighted by molar-refractivity contribution is 7.89. The molecule has 0 rings (SSSR count). The van der Waals surface area contributed by atoms with Crippen molar-refractivity contribution in [1.29, 1.82) is 0 Å². The maximum Gasteiger partial charge on any atom is 0.335 e. The molecule has 20 heavy (non-hydrogen) atoms. The van der Waals surface area contributed by atoms with Crippen molar-refractivity contribution in [1.82, 2.24) is 4.72 Å². The van der Waals surface area contributed by atoms with E-state index in [1.54, 1.807) is 13.8 Å². The van der Waals surface area contributed by atoms with Crippen molar-refractivity contribution in [3.8, 4) is 0 Å². The van der Waals surface area contributed by atoms with Gasteiger partial charge in [0.15, 0.2) is 0 Å². The normalized spacial score (nSPS) is 11.4. The monoisotopic (exact) mass is 311 g/mol. The van der Waals surface area contributed by atoms with E-state index >= 15 is 0 Å². The number of ether oxygens (including phenoxy) is 3. The van der Waals surface area contributed by atoms with Crippen LogP contribution < -0.4 is 4.72 Å². The minimum absolute atomic E-state index is 0.0279. The Hall–Kier alpha value is -1.19. The third-order valence-electron chi connectivity index (χ3n) is 2.10. The number of nitrogens with one attached hydrogen (secondary N) is 1. The van der Waals surface area contributed by atoms with Gasteiger partial charge in [0.1, 0.15) is 0 Å². The van der Waals surface area contributed by atoms with Crippen molar-refractivity contribution >= 4 is 22.0 Å². The van der Waals surface area contributed by atoms with Crippen LogP contribution in [-0.4, -0.2) is 59.1 Å². The molecule has 0 aromatic rings. The first-order valence-electron chi connectivity index (χ1n) is 6.20. The van der Waals surface area contributed by atoms with Crippen molar-refractivity contribution in [2.45, 2.75) is 26.3 Å². The van der Waals surface area contributed by atoms with Gasteiger partial charge in [-0.2, -0.15) is 4.72 Å². The van der Waals surface area contributed by atoms with Crippen LogP contribution in [-0.2, 0) is 33.8 Å². The second kappa shape index (κ2) is 9.67. The third-order valence-corrected chi connectivity index (χ3v) is 3.52. The molecule has 0 aromatic carbocycles. The van der Waals surface area contributed by atoms with E-state index in [1.807, 2.05) is 4.72 Å². The standard InChI is InChI=1S/C11H21NO7S/c1-4-18-10(13)9(11(14)19-5-2)12-20(15,16)8-6-7-17-3/h9,12H,4-8H2,1-3H3. The van der Waals surface area contributed by atoms with Gasteiger partial charge in [-0.15, -0.1) is 0 Å². The zero-order valence-corrected chi connectivity index (χ0v) is 12.7. The van der Waals surface area contributed by atoms with Gasteiger partial charge < -0.3 is 14.2 Å². The van der Waals surface area contributed by atoms with Crippen molar-refractivity contribution in [3.63, 3.8) is 0 Å². The Morgan fingerprint density at radius 3 is 2.00 bits per heavy atom. The molecule has 0 unspecified atom stereocenters. The number of hydrogen-bond acceptors (Lipinski definition) is 7. The first-order valence-corrected chi connectivity index (χ1v) is 7.85. The number of hydrogen-bond donors (Lipinski definition) is 1. The minimum atomic E-state index is -3.81. The molecular formula is C11H21NO7S. The fraction of sp³-hybridized carbons (Fsp3) is 0.818. The molecule has 0 saturated heterocycles. The second-order valence-electron chi connectivity index (χ2n) is 3.72. The summed E-state index contributed by atoms with van der Waals surface area (Å²) in [7, 11) is -2.37. The summed E-state index contributed by atoms with van der Waals surface area (Å²) in [6, 6.07) is -1.68. The van der Waals surface area contributed by atoms with Crippen LogP contribution in [0.15, 0.2) is 0 Å². The number of rotatable bonds is 10. The molecule has 0 bridgehead atoms. The summed E-state index contributed by atoms with van der Waals surface area (Å²) in [6.45, 7) is 3.41. The molecule has 9 heteroatoms. The molecule has 0 aliphatic heterocycles. The molecule has 0 spiro atoms. The quantitative estimate of drug-likeness (QED) is 0.327. The van der Waals surface area contributed by atoms with E-state index in [9.17, 15) is 18.0 Å². The van der Waals surface area contributed by atoms with Crippen molar-refractivity contribution in [2.75, 3.05) is 32.7 Å². The van der Waals surface area contributed by atoms with Crippen LogP contribution in [0, 0.1) is 0 Å².